The number of sulfonamides is 1. The van der Waals surface area contributed by atoms with Crippen molar-refractivity contribution in [1.29, 1.82) is 0 Å². The molecule has 3 aromatic carbocycles. The standard InChI is InChI=1S/C30H32Cl2N4O5S/c1-17-8-6-7-9-26(17)42(39,40)35-29(37)20-10-11-21(25(15-20)41-5)18(2)27-22-14-19(12-13-33-30(38)36(3)4)23(31)16-24(22)34-28(27)32/h6-11,14-16,18,34H,12-13H2,1-5H3,(H,33,38)(H,35,37). The van der Waals surface area contributed by atoms with Crippen LogP contribution in [0.1, 0.15) is 45.5 Å². The van der Waals surface area contributed by atoms with Gasteiger partial charge in [0.25, 0.3) is 15.9 Å². The number of hydrogen-bond donors (Lipinski definition) is 3. The lowest BCUT2D eigenvalue weighted by atomic mass is 9.90. The highest BCUT2D eigenvalue weighted by Gasteiger charge is 2.25. The Morgan fingerprint density at radius 2 is 1.79 bits per heavy atom. The molecule has 0 bridgehead atoms. The molecule has 0 fully saturated rings. The van der Waals surface area contributed by atoms with Gasteiger partial charge in [-0.2, -0.15) is 0 Å². The van der Waals surface area contributed by atoms with Gasteiger partial charge in [-0.1, -0.05) is 54.4 Å². The van der Waals surface area contributed by atoms with Crippen molar-refractivity contribution in [3.05, 3.63) is 92.6 Å². The molecule has 0 spiro atoms. The molecule has 9 nitrogen and oxygen atoms in total. The number of amides is 3. The number of ether oxygens (including phenoxy) is 1. The molecule has 0 aliphatic rings. The van der Waals surface area contributed by atoms with Gasteiger partial charge in [0.2, 0.25) is 0 Å². The maximum atomic E-state index is 13.0. The average molecular weight is 632 g/mol. The number of aryl methyl sites for hydroxylation is 1. The minimum absolute atomic E-state index is 0.0316. The number of carbonyl (C=O) groups excluding carboxylic acids is 2. The Morgan fingerprint density at radius 3 is 2.45 bits per heavy atom. The van der Waals surface area contributed by atoms with Gasteiger partial charge in [0.15, 0.2) is 0 Å². The molecular weight excluding hydrogens is 599 g/mol. The summed E-state index contributed by atoms with van der Waals surface area (Å²) in [6, 6.07) is 14.8. The van der Waals surface area contributed by atoms with Crippen molar-refractivity contribution in [2.24, 2.45) is 0 Å². The lowest BCUT2D eigenvalue weighted by Crippen LogP contribution is -2.35. The zero-order valence-electron chi connectivity index (χ0n) is 23.8. The molecule has 12 heteroatoms. The van der Waals surface area contributed by atoms with Crippen molar-refractivity contribution in [3.8, 4) is 5.75 Å². The number of hydrogen-bond acceptors (Lipinski definition) is 5. The fraction of sp³-hybridized carbons (Fsp3) is 0.267. The second-order valence-corrected chi connectivity index (χ2v) is 12.5. The van der Waals surface area contributed by atoms with Gasteiger partial charge in [0, 0.05) is 59.2 Å². The molecule has 0 radical (unpaired) electrons. The Kier molecular flexibility index (Phi) is 9.40. The first kappa shape index (κ1) is 31.2. The van der Waals surface area contributed by atoms with Crippen LogP contribution in [0.25, 0.3) is 10.9 Å². The first-order valence-corrected chi connectivity index (χ1v) is 15.3. The van der Waals surface area contributed by atoms with Gasteiger partial charge in [-0.3, -0.25) is 4.79 Å². The second-order valence-electron chi connectivity index (χ2n) is 10.1. The maximum absolute atomic E-state index is 13.0. The molecule has 1 aromatic heterocycles. The van der Waals surface area contributed by atoms with E-state index < -0.39 is 15.9 Å². The summed E-state index contributed by atoms with van der Waals surface area (Å²) in [4.78, 5) is 29.5. The van der Waals surface area contributed by atoms with E-state index in [0.717, 1.165) is 27.6 Å². The predicted molar refractivity (Wildman–Crippen MR) is 165 cm³/mol. The molecule has 0 saturated carbocycles. The van der Waals surface area contributed by atoms with Crippen LogP contribution in [0.2, 0.25) is 10.2 Å². The molecule has 0 aliphatic carbocycles. The van der Waals surface area contributed by atoms with E-state index in [-0.39, 0.29) is 22.4 Å². The van der Waals surface area contributed by atoms with Crippen molar-refractivity contribution >= 4 is 56.1 Å². The molecule has 4 aromatic rings. The number of rotatable bonds is 9. The number of aromatic amines is 1. The SMILES string of the molecule is COc1cc(C(=O)NS(=O)(=O)c2ccccc2C)ccc1C(C)c1c(Cl)[nH]c2cc(Cl)c(CCNC(=O)N(C)C)cc12. The molecule has 0 saturated heterocycles. The number of nitrogens with one attached hydrogen (secondary N) is 3. The quantitative estimate of drug-likeness (QED) is 0.213. The van der Waals surface area contributed by atoms with Gasteiger partial charge < -0.3 is 19.9 Å². The number of aromatic nitrogens is 1. The highest BCUT2D eigenvalue weighted by molar-refractivity contribution is 7.90. The minimum Gasteiger partial charge on any atom is -0.496 e. The number of urea groups is 1. The Hall–Kier alpha value is -3.73. The zero-order valence-corrected chi connectivity index (χ0v) is 26.2. The lowest BCUT2D eigenvalue weighted by molar-refractivity contribution is 0.0981. The normalized spacial score (nSPS) is 12.2. The second kappa shape index (κ2) is 12.6. The number of fused-ring (bicyclic) bond motifs is 1. The van der Waals surface area contributed by atoms with Crippen LogP contribution in [0, 0.1) is 6.92 Å². The number of benzene rings is 3. The fourth-order valence-electron chi connectivity index (χ4n) is 4.78. The molecule has 0 aliphatic heterocycles. The third kappa shape index (κ3) is 6.51. The third-order valence-corrected chi connectivity index (χ3v) is 9.18. The van der Waals surface area contributed by atoms with E-state index in [0.29, 0.717) is 34.5 Å². The highest BCUT2D eigenvalue weighted by atomic mass is 35.5. The Bertz CT molecular complexity index is 1770. The van der Waals surface area contributed by atoms with Crippen molar-refractivity contribution < 1.29 is 22.7 Å². The first-order chi connectivity index (χ1) is 19.8. The van der Waals surface area contributed by atoms with Gasteiger partial charge in [-0.25, -0.2) is 17.9 Å². The summed E-state index contributed by atoms with van der Waals surface area (Å²) in [6.45, 7) is 4.02. The summed E-state index contributed by atoms with van der Waals surface area (Å²) in [6.07, 6.45) is 0.517. The van der Waals surface area contributed by atoms with Gasteiger partial charge in [-0.05, 0) is 54.8 Å². The van der Waals surface area contributed by atoms with Gasteiger partial charge >= 0.3 is 6.03 Å². The number of methoxy groups -OCH3 is 1. The first-order valence-electron chi connectivity index (χ1n) is 13.1. The Balaban J connectivity index is 1.63. The number of nitrogens with zero attached hydrogens (tertiary/aromatic N) is 1. The van der Waals surface area contributed by atoms with Crippen LogP contribution >= 0.6 is 23.2 Å². The van der Waals surface area contributed by atoms with Crippen molar-refractivity contribution in [2.45, 2.75) is 31.1 Å². The van der Waals surface area contributed by atoms with E-state index in [9.17, 15) is 18.0 Å². The zero-order chi connectivity index (χ0) is 30.8. The largest absolute Gasteiger partial charge is 0.496 e. The van der Waals surface area contributed by atoms with E-state index in [4.69, 9.17) is 27.9 Å². The minimum atomic E-state index is -4.07. The van der Waals surface area contributed by atoms with Crippen molar-refractivity contribution in [3.63, 3.8) is 0 Å². The average Bonchev–Trinajstić information content (AvgIpc) is 3.26. The third-order valence-electron chi connectivity index (χ3n) is 7.04. The van der Waals surface area contributed by atoms with Crippen molar-refractivity contribution in [1.82, 2.24) is 19.9 Å². The van der Waals surface area contributed by atoms with Crippen molar-refractivity contribution in [2.75, 3.05) is 27.7 Å². The molecule has 1 atom stereocenters. The summed E-state index contributed by atoms with van der Waals surface area (Å²) < 4.78 is 33.5. The predicted octanol–water partition coefficient (Wildman–Crippen LogP) is 5.88. The highest BCUT2D eigenvalue weighted by Crippen LogP contribution is 2.41. The topological polar surface area (TPSA) is 121 Å². The van der Waals surface area contributed by atoms with Crippen LogP contribution in [0.15, 0.2) is 59.5 Å². The molecule has 3 N–H and O–H groups in total. The van der Waals surface area contributed by atoms with E-state index in [1.807, 2.05) is 19.1 Å². The lowest BCUT2D eigenvalue weighted by Gasteiger charge is -2.18. The summed E-state index contributed by atoms with van der Waals surface area (Å²) in [5, 5.41) is 4.68. The summed E-state index contributed by atoms with van der Waals surface area (Å²) in [7, 11) is 0.751. The molecule has 3 amide bonds. The summed E-state index contributed by atoms with van der Waals surface area (Å²) in [5.41, 5.74) is 3.80. The maximum Gasteiger partial charge on any atom is 0.316 e. The van der Waals surface area contributed by atoms with E-state index in [2.05, 4.69) is 15.0 Å². The molecule has 4 rings (SSSR count). The Labute approximate surface area is 255 Å². The number of carbonyl (C=O) groups is 2. The fourth-order valence-corrected chi connectivity index (χ4v) is 6.63. The smallest absolute Gasteiger partial charge is 0.316 e. The van der Waals surface area contributed by atoms with Gasteiger partial charge in [0.1, 0.15) is 10.9 Å². The van der Waals surface area contributed by atoms with E-state index in [1.54, 1.807) is 51.4 Å². The van der Waals surface area contributed by atoms with Crippen LogP contribution in [0.3, 0.4) is 0 Å². The summed E-state index contributed by atoms with van der Waals surface area (Å²) in [5.74, 6) is -0.660. The number of halogens is 2. The van der Waals surface area contributed by atoms with E-state index in [1.165, 1.54) is 24.1 Å². The van der Waals surface area contributed by atoms with Crippen LogP contribution < -0.4 is 14.8 Å². The number of H-pyrrole nitrogens is 1. The Morgan fingerprint density at radius 1 is 1.07 bits per heavy atom. The molecule has 222 valence electrons. The summed E-state index contributed by atoms with van der Waals surface area (Å²) >= 11 is 13.2. The molecule has 42 heavy (non-hydrogen) atoms. The van der Waals surface area contributed by atoms with Crippen LogP contribution in [0.4, 0.5) is 4.79 Å². The molecular formula is C30H32Cl2N4O5S. The van der Waals surface area contributed by atoms with Crippen LogP contribution in [-0.2, 0) is 16.4 Å². The molecule has 1 heterocycles. The molecule has 1 unspecified atom stereocenters. The van der Waals surface area contributed by atoms with Crippen LogP contribution in [-0.4, -0.2) is 58.0 Å². The monoisotopic (exact) mass is 630 g/mol. The van der Waals surface area contributed by atoms with Crippen LogP contribution in [0.5, 0.6) is 5.75 Å². The van der Waals surface area contributed by atoms with Gasteiger partial charge in [-0.15, -0.1) is 0 Å². The van der Waals surface area contributed by atoms with Gasteiger partial charge in [0.05, 0.1) is 12.0 Å². The van der Waals surface area contributed by atoms with E-state index >= 15 is 0 Å².